The summed E-state index contributed by atoms with van der Waals surface area (Å²) in [4.78, 5) is 27.8. The minimum Gasteiger partial charge on any atom is -0.465 e. The molecule has 0 aromatic rings. The van der Waals surface area contributed by atoms with Gasteiger partial charge in [-0.2, -0.15) is 0 Å². The summed E-state index contributed by atoms with van der Waals surface area (Å²) in [6, 6.07) is 0.242. The molecule has 3 N–H and O–H groups in total. The fraction of sp³-hybridized carbons (Fsp3) is 0.926. The fourth-order valence-electron chi connectivity index (χ4n) is 6.53. The Labute approximate surface area is 212 Å². The Bertz CT molecular complexity index is 637. The largest absolute Gasteiger partial charge is 0.465 e. The first-order valence-corrected chi connectivity index (χ1v) is 14.2. The van der Waals surface area contributed by atoms with Gasteiger partial charge in [-0.3, -0.25) is 0 Å². The second-order valence-electron chi connectivity index (χ2n) is 11.2. The van der Waals surface area contributed by atoms with Gasteiger partial charge in [0, 0.05) is 45.2 Å². The second-order valence-corrected chi connectivity index (χ2v) is 11.2. The van der Waals surface area contributed by atoms with E-state index < -0.39 is 6.09 Å². The topological polar surface area (TPSA) is 94.1 Å². The lowest BCUT2D eigenvalue weighted by Gasteiger charge is -2.41. The third-order valence-corrected chi connectivity index (χ3v) is 8.51. The van der Waals surface area contributed by atoms with Gasteiger partial charge >= 0.3 is 12.1 Å². The highest BCUT2D eigenvalue weighted by atomic mass is 16.5. The minimum atomic E-state index is -0.923. The maximum Gasteiger partial charge on any atom is 0.407 e. The van der Waals surface area contributed by atoms with E-state index in [2.05, 4.69) is 10.6 Å². The van der Waals surface area contributed by atoms with E-state index >= 15 is 0 Å². The number of carboxylic acid groups (broad SMARTS) is 1. The number of rotatable bonds is 11. The monoisotopic (exact) mass is 494 g/mol. The quantitative estimate of drug-likeness (QED) is 0.392. The van der Waals surface area contributed by atoms with E-state index in [9.17, 15) is 9.59 Å². The van der Waals surface area contributed by atoms with E-state index in [4.69, 9.17) is 9.84 Å². The Morgan fingerprint density at radius 2 is 1.66 bits per heavy atom. The zero-order valence-electron chi connectivity index (χ0n) is 22.2. The summed E-state index contributed by atoms with van der Waals surface area (Å²) in [6.07, 6.45) is 15.0. The predicted molar refractivity (Wildman–Crippen MR) is 139 cm³/mol. The molecule has 2 aliphatic carbocycles. The summed E-state index contributed by atoms with van der Waals surface area (Å²) in [6.45, 7) is 3.14. The van der Waals surface area contributed by atoms with E-state index in [-0.39, 0.29) is 18.2 Å². The maximum atomic E-state index is 13.3. The molecule has 3 atom stereocenters. The van der Waals surface area contributed by atoms with Crippen LogP contribution in [-0.2, 0) is 4.74 Å². The van der Waals surface area contributed by atoms with E-state index in [1.54, 1.807) is 7.05 Å². The summed E-state index contributed by atoms with van der Waals surface area (Å²) in [5.41, 5.74) is 0. The number of ether oxygens (including phenoxy) is 1. The molecule has 1 aliphatic heterocycles. The number of carbonyl (C=O) groups is 2. The molecule has 0 bridgehead atoms. The van der Waals surface area contributed by atoms with Gasteiger partial charge in [0.05, 0.1) is 12.7 Å². The van der Waals surface area contributed by atoms with Crippen molar-refractivity contribution in [1.29, 1.82) is 0 Å². The number of hydrogen-bond donors (Lipinski definition) is 3. The van der Waals surface area contributed by atoms with E-state index in [1.165, 1.54) is 69.1 Å². The number of likely N-dealkylation sites (tertiary alicyclic amines) is 1. The molecule has 8 nitrogen and oxygen atoms in total. The van der Waals surface area contributed by atoms with Crippen molar-refractivity contribution in [2.45, 2.75) is 95.6 Å². The molecule has 202 valence electrons. The summed E-state index contributed by atoms with van der Waals surface area (Å²) in [5, 5.41) is 15.8. The van der Waals surface area contributed by atoms with Gasteiger partial charge in [0.2, 0.25) is 0 Å². The lowest BCUT2D eigenvalue weighted by molar-refractivity contribution is -0.0552. The Hall–Kier alpha value is -1.54. The van der Waals surface area contributed by atoms with Crippen LogP contribution in [0, 0.1) is 17.8 Å². The van der Waals surface area contributed by atoms with Crippen LogP contribution in [0.5, 0.6) is 0 Å². The standard InChI is InChI=1S/C27H50N4O4/c1-28-19-24(18-21-10-5-3-6-11-21)29-26(32)31-15-9-14-23(20-31)25(22-12-7-4-8-13-22)35-17-16-30(2)27(33)34/h21-25,28H,3-20H2,1-2H3,(H,29,32)(H,33,34)/t23-,24+,25?/m1/s1. The van der Waals surface area contributed by atoms with Crippen molar-refractivity contribution < 1.29 is 19.4 Å². The highest BCUT2D eigenvalue weighted by Crippen LogP contribution is 2.35. The molecular weight excluding hydrogens is 444 g/mol. The molecule has 0 spiro atoms. The maximum absolute atomic E-state index is 13.3. The summed E-state index contributed by atoms with van der Waals surface area (Å²) < 4.78 is 6.42. The number of nitrogens with one attached hydrogen (secondary N) is 2. The molecule has 3 fully saturated rings. The molecule has 8 heteroatoms. The third-order valence-electron chi connectivity index (χ3n) is 8.51. The van der Waals surface area contributed by atoms with E-state index in [1.807, 2.05) is 11.9 Å². The first-order valence-electron chi connectivity index (χ1n) is 14.2. The number of likely N-dealkylation sites (N-methyl/N-ethyl adjacent to an activating group) is 2. The van der Waals surface area contributed by atoms with Crippen molar-refractivity contribution in [1.82, 2.24) is 20.4 Å². The van der Waals surface area contributed by atoms with E-state index in [0.29, 0.717) is 25.0 Å². The molecule has 2 saturated carbocycles. The molecule has 3 amide bonds. The lowest BCUT2D eigenvalue weighted by Crippen LogP contribution is -2.53. The molecular formula is C27H50N4O4. The molecule has 3 aliphatic rings. The van der Waals surface area contributed by atoms with Crippen molar-refractivity contribution in [3.63, 3.8) is 0 Å². The second kappa shape index (κ2) is 14.9. The Balaban J connectivity index is 1.57. The predicted octanol–water partition coefficient (Wildman–Crippen LogP) is 4.54. The van der Waals surface area contributed by atoms with Crippen LogP contribution < -0.4 is 10.6 Å². The summed E-state index contributed by atoms with van der Waals surface area (Å²) in [5.74, 6) is 1.55. The number of urea groups is 1. The van der Waals surface area contributed by atoms with Gasteiger partial charge in [-0.05, 0) is 51.0 Å². The highest BCUT2D eigenvalue weighted by molar-refractivity contribution is 5.74. The Morgan fingerprint density at radius 3 is 2.31 bits per heavy atom. The number of amides is 3. The zero-order chi connectivity index (χ0) is 25.0. The van der Waals surface area contributed by atoms with Crippen LogP contribution >= 0.6 is 0 Å². The molecule has 1 unspecified atom stereocenters. The van der Waals surface area contributed by atoms with Gasteiger partial charge < -0.3 is 30.3 Å². The normalized spacial score (nSPS) is 24.1. The van der Waals surface area contributed by atoms with Gasteiger partial charge in [0.15, 0.2) is 0 Å². The van der Waals surface area contributed by atoms with Gasteiger partial charge in [0.25, 0.3) is 0 Å². The lowest BCUT2D eigenvalue weighted by atomic mass is 9.78. The van der Waals surface area contributed by atoms with Crippen LogP contribution in [-0.4, -0.2) is 86.1 Å². The van der Waals surface area contributed by atoms with Crippen LogP contribution in [0.2, 0.25) is 0 Å². The summed E-state index contributed by atoms with van der Waals surface area (Å²) in [7, 11) is 3.55. The van der Waals surface area contributed by atoms with Crippen molar-refractivity contribution in [2.75, 3.05) is 46.9 Å². The molecule has 35 heavy (non-hydrogen) atoms. The smallest absolute Gasteiger partial charge is 0.407 e. The van der Waals surface area contributed by atoms with Crippen molar-refractivity contribution in [3.05, 3.63) is 0 Å². The van der Waals surface area contributed by atoms with Crippen LogP contribution in [0.4, 0.5) is 9.59 Å². The first kappa shape index (κ1) is 28.0. The van der Waals surface area contributed by atoms with Crippen molar-refractivity contribution >= 4 is 12.1 Å². The third kappa shape index (κ3) is 9.12. The molecule has 0 aromatic carbocycles. The average Bonchev–Trinajstić information content (AvgIpc) is 2.87. The average molecular weight is 495 g/mol. The zero-order valence-corrected chi connectivity index (χ0v) is 22.2. The van der Waals surface area contributed by atoms with Crippen molar-refractivity contribution in [2.24, 2.45) is 17.8 Å². The first-order chi connectivity index (χ1) is 17.0. The fourth-order valence-corrected chi connectivity index (χ4v) is 6.53. The molecule has 1 heterocycles. The number of piperidine rings is 1. The number of carbonyl (C=O) groups excluding carboxylic acids is 1. The minimum absolute atomic E-state index is 0.0683. The molecule has 1 saturated heterocycles. The van der Waals surface area contributed by atoms with Crippen molar-refractivity contribution in [3.8, 4) is 0 Å². The highest BCUT2D eigenvalue weighted by Gasteiger charge is 2.36. The summed E-state index contributed by atoms with van der Waals surface area (Å²) >= 11 is 0. The molecule has 0 aromatic heterocycles. The van der Waals surface area contributed by atoms with Crippen LogP contribution in [0.1, 0.15) is 83.5 Å². The molecule has 0 radical (unpaired) electrons. The van der Waals surface area contributed by atoms with Gasteiger partial charge in [0.1, 0.15) is 0 Å². The van der Waals surface area contributed by atoms with Crippen LogP contribution in [0.3, 0.4) is 0 Å². The van der Waals surface area contributed by atoms with E-state index in [0.717, 1.165) is 44.8 Å². The van der Waals surface area contributed by atoms with Crippen LogP contribution in [0.15, 0.2) is 0 Å². The number of nitrogens with zero attached hydrogens (tertiary/aromatic N) is 2. The van der Waals surface area contributed by atoms with Gasteiger partial charge in [-0.15, -0.1) is 0 Å². The number of hydrogen-bond acceptors (Lipinski definition) is 4. The Morgan fingerprint density at radius 1 is 1.00 bits per heavy atom. The van der Waals surface area contributed by atoms with Gasteiger partial charge in [-0.25, -0.2) is 9.59 Å². The Kier molecular flexibility index (Phi) is 11.9. The SMILES string of the molecule is CNC[C@H](CC1CCCCC1)NC(=O)N1CCC[C@@H](C(OCCN(C)C(=O)O)C2CCCCC2)C1. The molecule has 3 rings (SSSR count). The van der Waals surface area contributed by atoms with Crippen LogP contribution in [0.25, 0.3) is 0 Å². The van der Waals surface area contributed by atoms with Gasteiger partial charge in [-0.1, -0.05) is 51.4 Å².